The van der Waals surface area contributed by atoms with Crippen molar-refractivity contribution >= 4 is 38.7 Å². The normalized spacial score (nSPS) is 10.6. The summed E-state index contributed by atoms with van der Waals surface area (Å²) in [5.74, 6) is -0.660. The van der Waals surface area contributed by atoms with Crippen LogP contribution in [0.15, 0.2) is 53.1 Å². The summed E-state index contributed by atoms with van der Waals surface area (Å²) in [5, 5.41) is 4.00. The average Bonchev–Trinajstić information content (AvgIpc) is 3.06. The van der Waals surface area contributed by atoms with Crippen LogP contribution < -0.4 is 5.32 Å². The molecule has 0 aliphatic rings. The third-order valence-corrected chi connectivity index (χ3v) is 4.37. The van der Waals surface area contributed by atoms with Crippen LogP contribution >= 0.6 is 15.9 Å². The molecule has 24 heavy (non-hydrogen) atoms. The highest BCUT2D eigenvalue weighted by atomic mass is 79.9. The summed E-state index contributed by atoms with van der Waals surface area (Å²) >= 11 is 3.29. The molecule has 0 atom stereocenters. The first-order valence-electron chi connectivity index (χ1n) is 7.30. The van der Waals surface area contributed by atoms with Crippen molar-refractivity contribution in [2.75, 3.05) is 7.11 Å². The van der Waals surface area contributed by atoms with E-state index in [4.69, 9.17) is 0 Å². The van der Waals surface area contributed by atoms with E-state index in [2.05, 4.69) is 31.0 Å². The monoisotopic (exact) mass is 386 g/mol. The second-order valence-electron chi connectivity index (χ2n) is 5.27. The predicted molar refractivity (Wildman–Crippen MR) is 95.0 cm³/mol. The predicted octanol–water partition coefficient (Wildman–Crippen LogP) is 3.65. The Balaban J connectivity index is 1.70. The zero-order chi connectivity index (χ0) is 17.1. The number of halogens is 1. The van der Waals surface area contributed by atoms with Crippen LogP contribution in [0.2, 0.25) is 0 Å². The lowest BCUT2D eigenvalue weighted by molar-refractivity contribution is 0.0599. The van der Waals surface area contributed by atoms with E-state index in [9.17, 15) is 9.59 Å². The number of amides is 1. The quantitative estimate of drug-likeness (QED) is 0.672. The van der Waals surface area contributed by atoms with Crippen LogP contribution in [0.5, 0.6) is 0 Å². The van der Waals surface area contributed by atoms with Crippen molar-refractivity contribution in [3.8, 4) is 0 Å². The van der Waals surface area contributed by atoms with Crippen LogP contribution in [0.1, 0.15) is 26.3 Å². The molecule has 2 N–H and O–H groups in total. The Bertz CT molecular complexity index is 918. The van der Waals surface area contributed by atoms with Gasteiger partial charge in [-0.3, -0.25) is 4.79 Å². The minimum absolute atomic E-state index is 0.210. The van der Waals surface area contributed by atoms with Gasteiger partial charge in [-0.2, -0.15) is 0 Å². The standard InChI is InChI=1S/C18H15BrN2O3/c1-24-18(23)14-5-4-13(9-15(14)19)17(22)21-10-11-2-3-12-6-7-20-16(12)8-11/h2-9,20H,10H2,1H3,(H,21,22). The lowest BCUT2D eigenvalue weighted by atomic mass is 10.1. The van der Waals surface area contributed by atoms with Crippen molar-refractivity contribution < 1.29 is 14.3 Å². The maximum Gasteiger partial charge on any atom is 0.339 e. The van der Waals surface area contributed by atoms with Crippen molar-refractivity contribution in [1.82, 2.24) is 10.3 Å². The molecule has 122 valence electrons. The topological polar surface area (TPSA) is 71.2 Å². The average molecular weight is 387 g/mol. The molecule has 2 aromatic carbocycles. The van der Waals surface area contributed by atoms with Gasteiger partial charge >= 0.3 is 5.97 Å². The van der Waals surface area contributed by atoms with Crippen LogP contribution in [-0.2, 0) is 11.3 Å². The molecule has 3 rings (SSSR count). The number of esters is 1. The maximum absolute atomic E-state index is 12.3. The molecule has 0 saturated heterocycles. The fourth-order valence-corrected chi connectivity index (χ4v) is 2.96. The molecule has 5 nitrogen and oxygen atoms in total. The van der Waals surface area contributed by atoms with Crippen molar-refractivity contribution in [2.24, 2.45) is 0 Å². The van der Waals surface area contributed by atoms with E-state index in [0.29, 0.717) is 22.1 Å². The number of ether oxygens (including phenoxy) is 1. The van der Waals surface area contributed by atoms with Gasteiger partial charge in [-0.05, 0) is 57.2 Å². The summed E-state index contributed by atoms with van der Waals surface area (Å²) < 4.78 is 5.20. The molecule has 0 aliphatic carbocycles. The highest BCUT2D eigenvalue weighted by molar-refractivity contribution is 9.10. The number of rotatable bonds is 4. The number of methoxy groups -OCH3 is 1. The fraction of sp³-hybridized carbons (Fsp3) is 0.111. The molecule has 0 spiro atoms. The Labute approximate surface area is 147 Å². The van der Waals surface area contributed by atoms with Gasteiger partial charge in [-0.1, -0.05) is 12.1 Å². The number of carbonyl (C=O) groups is 2. The molecule has 1 amide bonds. The van der Waals surface area contributed by atoms with Crippen LogP contribution in [0.25, 0.3) is 10.9 Å². The molecule has 0 aliphatic heterocycles. The smallest absolute Gasteiger partial charge is 0.339 e. The zero-order valence-electron chi connectivity index (χ0n) is 12.9. The van der Waals surface area contributed by atoms with Gasteiger partial charge in [0.15, 0.2) is 0 Å². The number of hydrogen-bond donors (Lipinski definition) is 2. The minimum Gasteiger partial charge on any atom is -0.465 e. The largest absolute Gasteiger partial charge is 0.465 e. The second-order valence-corrected chi connectivity index (χ2v) is 6.12. The highest BCUT2D eigenvalue weighted by Gasteiger charge is 2.13. The number of aromatic nitrogens is 1. The number of fused-ring (bicyclic) bond motifs is 1. The maximum atomic E-state index is 12.3. The van der Waals surface area contributed by atoms with E-state index in [-0.39, 0.29) is 5.91 Å². The Morgan fingerprint density at radius 2 is 2.00 bits per heavy atom. The zero-order valence-corrected chi connectivity index (χ0v) is 14.5. The third kappa shape index (κ3) is 3.33. The summed E-state index contributed by atoms with van der Waals surface area (Å²) in [6.07, 6.45) is 1.88. The molecule has 0 saturated carbocycles. The lowest BCUT2D eigenvalue weighted by Crippen LogP contribution is -2.23. The van der Waals surface area contributed by atoms with Crippen LogP contribution in [0.3, 0.4) is 0 Å². The van der Waals surface area contributed by atoms with E-state index in [1.165, 1.54) is 7.11 Å². The van der Waals surface area contributed by atoms with E-state index in [1.807, 2.05) is 30.5 Å². The first-order chi connectivity index (χ1) is 11.6. The number of benzene rings is 2. The van der Waals surface area contributed by atoms with Gasteiger partial charge in [0.25, 0.3) is 5.91 Å². The van der Waals surface area contributed by atoms with Crippen LogP contribution in [0.4, 0.5) is 0 Å². The lowest BCUT2D eigenvalue weighted by Gasteiger charge is -2.08. The van der Waals surface area contributed by atoms with Gasteiger partial charge in [0.2, 0.25) is 0 Å². The Morgan fingerprint density at radius 3 is 2.75 bits per heavy atom. The van der Waals surface area contributed by atoms with Crippen LogP contribution in [-0.4, -0.2) is 24.0 Å². The number of hydrogen-bond acceptors (Lipinski definition) is 3. The van der Waals surface area contributed by atoms with Gasteiger partial charge in [0.1, 0.15) is 0 Å². The van der Waals surface area contributed by atoms with Crippen molar-refractivity contribution in [2.45, 2.75) is 6.54 Å². The summed E-state index contributed by atoms with van der Waals surface area (Å²) in [7, 11) is 1.32. The molecule has 0 bridgehead atoms. The summed E-state index contributed by atoms with van der Waals surface area (Å²) in [6.45, 7) is 0.421. The molecule has 0 fully saturated rings. The molecule has 1 aromatic heterocycles. The molecule has 0 radical (unpaired) electrons. The van der Waals surface area contributed by atoms with Gasteiger partial charge in [-0.25, -0.2) is 4.79 Å². The highest BCUT2D eigenvalue weighted by Crippen LogP contribution is 2.20. The van der Waals surface area contributed by atoms with Gasteiger partial charge < -0.3 is 15.0 Å². The summed E-state index contributed by atoms with van der Waals surface area (Å²) in [6, 6.07) is 12.8. The van der Waals surface area contributed by atoms with Crippen molar-refractivity contribution in [1.29, 1.82) is 0 Å². The number of aromatic amines is 1. The Hall–Kier alpha value is -2.60. The Morgan fingerprint density at radius 1 is 1.17 bits per heavy atom. The van der Waals surface area contributed by atoms with E-state index in [1.54, 1.807) is 18.2 Å². The summed E-state index contributed by atoms with van der Waals surface area (Å²) in [4.78, 5) is 27.0. The first kappa shape index (κ1) is 16.3. The Kier molecular flexibility index (Phi) is 4.66. The molecule has 3 aromatic rings. The van der Waals surface area contributed by atoms with Crippen molar-refractivity contribution in [3.05, 3.63) is 69.8 Å². The summed E-state index contributed by atoms with van der Waals surface area (Å²) in [5.41, 5.74) is 2.89. The SMILES string of the molecule is COC(=O)c1ccc(C(=O)NCc2ccc3cc[nH]c3c2)cc1Br. The number of H-pyrrole nitrogens is 1. The minimum atomic E-state index is -0.451. The van der Waals surface area contributed by atoms with Gasteiger partial charge in [0.05, 0.1) is 12.7 Å². The van der Waals surface area contributed by atoms with Crippen molar-refractivity contribution in [3.63, 3.8) is 0 Å². The fourth-order valence-electron chi connectivity index (χ4n) is 2.42. The van der Waals surface area contributed by atoms with E-state index >= 15 is 0 Å². The molecular formula is C18H15BrN2O3. The molecule has 1 heterocycles. The van der Waals surface area contributed by atoms with Gasteiger partial charge in [-0.15, -0.1) is 0 Å². The second kappa shape index (κ2) is 6.88. The third-order valence-electron chi connectivity index (χ3n) is 3.71. The van der Waals surface area contributed by atoms with E-state index in [0.717, 1.165) is 16.5 Å². The van der Waals surface area contributed by atoms with Gasteiger partial charge in [0, 0.05) is 28.3 Å². The van der Waals surface area contributed by atoms with Crippen LogP contribution in [0, 0.1) is 0 Å². The number of nitrogens with one attached hydrogen (secondary N) is 2. The molecule has 0 unspecified atom stereocenters. The number of carbonyl (C=O) groups excluding carboxylic acids is 2. The van der Waals surface area contributed by atoms with E-state index < -0.39 is 5.97 Å². The molecular weight excluding hydrogens is 372 g/mol. The molecule has 6 heteroatoms. The first-order valence-corrected chi connectivity index (χ1v) is 8.10.